The molecule has 1 aromatic heterocycles. The molecule has 1 fully saturated rings. The maximum Gasteiger partial charge on any atom is 0.252 e. The molecule has 1 unspecified atom stereocenters. The Morgan fingerprint density at radius 2 is 2.39 bits per heavy atom. The number of hydrogen-bond donors (Lipinski definition) is 1. The largest absolute Gasteiger partial charge is 0.319 e. The van der Waals surface area contributed by atoms with Crippen LogP contribution in [0.3, 0.4) is 0 Å². The van der Waals surface area contributed by atoms with E-state index in [1.54, 1.807) is 4.31 Å². The molecule has 2 rings (SSSR count). The number of sulfonamides is 1. The Morgan fingerprint density at radius 1 is 1.67 bits per heavy atom. The van der Waals surface area contributed by atoms with Crippen LogP contribution in [0.25, 0.3) is 0 Å². The second-order valence-electron chi connectivity index (χ2n) is 4.26. The molecular formula is C10H14BrClN2O2S2. The number of halogens is 2. The van der Waals surface area contributed by atoms with Crippen molar-refractivity contribution in [2.45, 2.75) is 10.6 Å². The molecule has 102 valence electrons. The van der Waals surface area contributed by atoms with Crippen LogP contribution < -0.4 is 5.32 Å². The van der Waals surface area contributed by atoms with Gasteiger partial charge in [-0.3, -0.25) is 0 Å². The molecule has 8 heteroatoms. The van der Waals surface area contributed by atoms with Crippen molar-refractivity contribution in [1.29, 1.82) is 0 Å². The molecule has 0 aliphatic carbocycles. The summed E-state index contributed by atoms with van der Waals surface area (Å²) < 4.78 is 27.3. The van der Waals surface area contributed by atoms with Crippen LogP contribution in [-0.2, 0) is 10.0 Å². The van der Waals surface area contributed by atoms with Gasteiger partial charge in [-0.05, 0) is 47.9 Å². The van der Waals surface area contributed by atoms with Gasteiger partial charge in [0.15, 0.2) is 0 Å². The highest BCUT2D eigenvalue weighted by molar-refractivity contribution is 9.11. The van der Waals surface area contributed by atoms with E-state index in [9.17, 15) is 8.42 Å². The summed E-state index contributed by atoms with van der Waals surface area (Å²) in [6.07, 6.45) is 0.903. The van der Waals surface area contributed by atoms with Gasteiger partial charge in [-0.1, -0.05) is 11.6 Å². The molecule has 1 aromatic rings. The molecule has 2 heterocycles. The minimum absolute atomic E-state index is 0.310. The zero-order chi connectivity index (χ0) is 13.3. The van der Waals surface area contributed by atoms with Gasteiger partial charge in [0.2, 0.25) is 0 Å². The van der Waals surface area contributed by atoms with Crippen molar-refractivity contribution >= 4 is 48.9 Å². The van der Waals surface area contributed by atoms with Crippen LogP contribution in [0.4, 0.5) is 0 Å². The van der Waals surface area contributed by atoms with Gasteiger partial charge < -0.3 is 5.32 Å². The normalized spacial score (nSPS) is 21.6. The van der Waals surface area contributed by atoms with Crippen molar-refractivity contribution < 1.29 is 8.42 Å². The molecule has 0 bridgehead atoms. The first-order valence-corrected chi connectivity index (χ1v) is 8.97. The summed E-state index contributed by atoms with van der Waals surface area (Å²) in [5.74, 6) is 0.392. The summed E-state index contributed by atoms with van der Waals surface area (Å²) in [4.78, 5) is 0. The monoisotopic (exact) mass is 372 g/mol. The van der Waals surface area contributed by atoms with E-state index in [0.717, 1.165) is 24.3 Å². The van der Waals surface area contributed by atoms with E-state index in [2.05, 4.69) is 21.2 Å². The molecule has 1 atom stereocenters. The zero-order valence-corrected chi connectivity index (χ0v) is 13.8. The number of nitrogens with zero attached hydrogens (tertiary/aromatic N) is 1. The fourth-order valence-electron chi connectivity index (χ4n) is 2.05. The number of nitrogens with one attached hydrogen (secondary N) is 1. The molecule has 0 radical (unpaired) electrons. The minimum atomic E-state index is -3.38. The Bertz CT molecular complexity index is 512. The minimum Gasteiger partial charge on any atom is -0.319 e. The highest BCUT2D eigenvalue weighted by Gasteiger charge is 2.33. The predicted octanol–water partition coefficient (Wildman–Crippen LogP) is 2.39. The van der Waals surface area contributed by atoms with Crippen molar-refractivity contribution in [3.05, 3.63) is 14.9 Å². The van der Waals surface area contributed by atoms with Gasteiger partial charge in [0.25, 0.3) is 10.0 Å². The van der Waals surface area contributed by atoms with Gasteiger partial charge in [-0.2, -0.15) is 4.31 Å². The fourth-order valence-corrected chi connectivity index (χ4v) is 6.14. The highest BCUT2D eigenvalue weighted by atomic mass is 79.9. The van der Waals surface area contributed by atoms with Crippen molar-refractivity contribution in [3.8, 4) is 0 Å². The summed E-state index contributed by atoms with van der Waals surface area (Å²) in [6, 6.07) is 1.51. The molecule has 18 heavy (non-hydrogen) atoms. The van der Waals surface area contributed by atoms with Crippen LogP contribution in [0.5, 0.6) is 0 Å². The van der Waals surface area contributed by atoms with Gasteiger partial charge >= 0.3 is 0 Å². The maximum atomic E-state index is 12.4. The Labute approximate surface area is 124 Å². The molecule has 1 saturated heterocycles. The first-order chi connectivity index (χ1) is 8.45. The average Bonchev–Trinajstić information content (AvgIpc) is 2.88. The predicted molar refractivity (Wildman–Crippen MR) is 77.8 cm³/mol. The van der Waals surface area contributed by atoms with Gasteiger partial charge in [0.05, 0.1) is 8.81 Å². The molecule has 0 aromatic carbocycles. The topological polar surface area (TPSA) is 49.4 Å². The highest BCUT2D eigenvalue weighted by Crippen LogP contribution is 2.37. The van der Waals surface area contributed by atoms with Gasteiger partial charge in [0.1, 0.15) is 4.21 Å². The third-order valence-corrected chi connectivity index (χ3v) is 7.75. The molecule has 0 saturated carbocycles. The van der Waals surface area contributed by atoms with Crippen molar-refractivity contribution in [1.82, 2.24) is 9.62 Å². The van der Waals surface area contributed by atoms with Crippen LogP contribution >= 0.6 is 38.9 Å². The summed E-state index contributed by atoms with van der Waals surface area (Å²) in [6.45, 7) is 2.01. The van der Waals surface area contributed by atoms with Crippen LogP contribution in [-0.4, -0.2) is 39.4 Å². The van der Waals surface area contributed by atoms with Crippen LogP contribution in [0, 0.1) is 5.92 Å². The second-order valence-corrected chi connectivity index (χ2v) is 9.20. The third-order valence-electron chi connectivity index (χ3n) is 2.96. The molecule has 0 amide bonds. The van der Waals surface area contributed by atoms with Crippen LogP contribution in [0.1, 0.15) is 6.42 Å². The van der Waals surface area contributed by atoms with E-state index in [1.807, 2.05) is 7.05 Å². The lowest BCUT2D eigenvalue weighted by molar-refractivity contribution is 0.452. The SMILES string of the molecule is CNCC1CCN(S(=O)(=O)c2cc(Cl)c(Br)s2)C1. The van der Waals surface area contributed by atoms with Crippen LogP contribution in [0.2, 0.25) is 5.02 Å². The molecule has 1 N–H and O–H groups in total. The Morgan fingerprint density at radius 3 is 2.94 bits per heavy atom. The second kappa shape index (κ2) is 5.76. The molecule has 4 nitrogen and oxygen atoms in total. The number of thiophene rings is 1. The van der Waals surface area contributed by atoms with Gasteiger partial charge in [0, 0.05) is 13.1 Å². The maximum absolute atomic E-state index is 12.4. The van der Waals surface area contributed by atoms with E-state index >= 15 is 0 Å². The summed E-state index contributed by atoms with van der Waals surface area (Å²) in [5.41, 5.74) is 0. The molecular weight excluding hydrogens is 360 g/mol. The van der Waals surface area contributed by atoms with E-state index in [-0.39, 0.29) is 0 Å². The Kier molecular flexibility index (Phi) is 4.72. The Balaban J connectivity index is 2.17. The molecule has 1 aliphatic rings. The van der Waals surface area contributed by atoms with Gasteiger partial charge in [-0.25, -0.2) is 8.42 Å². The first-order valence-electron chi connectivity index (χ1n) is 5.54. The zero-order valence-electron chi connectivity index (χ0n) is 9.82. The molecule has 0 spiro atoms. The van der Waals surface area contributed by atoms with Crippen LogP contribution in [0.15, 0.2) is 14.1 Å². The quantitative estimate of drug-likeness (QED) is 0.881. The summed E-state index contributed by atoms with van der Waals surface area (Å²) in [7, 11) is -1.50. The summed E-state index contributed by atoms with van der Waals surface area (Å²) in [5, 5.41) is 3.54. The standard InChI is InChI=1S/C10H14BrClN2O2S2/c1-13-5-7-2-3-14(6-7)18(15,16)9-4-8(12)10(11)17-9/h4,7,13H,2-3,5-6H2,1H3. The summed E-state index contributed by atoms with van der Waals surface area (Å²) >= 11 is 10.3. The molecule has 1 aliphatic heterocycles. The van der Waals surface area contributed by atoms with E-state index in [4.69, 9.17) is 11.6 Å². The number of rotatable bonds is 4. The van der Waals surface area contributed by atoms with Crippen molar-refractivity contribution in [2.75, 3.05) is 26.7 Å². The number of hydrogen-bond acceptors (Lipinski definition) is 4. The van der Waals surface area contributed by atoms with E-state index in [1.165, 1.54) is 6.07 Å². The smallest absolute Gasteiger partial charge is 0.252 e. The Hall–Kier alpha value is 0.340. The van der Waals surface area contributed by atoms with Gasteiger partial charge in [-0.15, -0.1) is 11.3 Å². The third kappa shape index (κ3) is 2.91. The average molecular weight is 374 g/mol. The fraction of sp³-hybridized carbons (Fsp3) is 0.600. The first kappa shape index (κ1) is 14.7. The van der Waals surface area contributed by atoms with E-state index < -0.39 is 10.0 Å². The lowest BCUT2D eigenvalue weighted by Gasteiger charge is -2.15. The lowest BCUT2D eigenvalue weighted by Crippen LogP contribution is -2.29. The lowest BCUT2D eigenvalue weighted by atomic mass is 10.1. The van der Waals surface area contributed by atoms with Crippen molar-refractivity contribution in [2.24, 2.45) is 5.92 Å². The van der Waals surface area contributed by atoms with Crippen molar-refractivity contribution in [3.63, 3.8) is 0 Å². The van der Waals surface area contributed by atoms with E-state index in [0.29, 0.717) is 32.0 Å².